The fraction of sp³-hybridized carbons (Fsp3) is 0.400. The van der Waals surface area contributed by atoms with E-state index < -0.39 is 5.97 Å². The van der Waals surface area contributed by atoms with Crippen LogP contribution in [0.3, 0.4) is 0 Å². The lowest BCUT2D eigenvalue weighted by atomic mass is 9.85. The zero-order valence-corrected chi connectivity index (χ0v) is 11.1. The van der Waals surface area contributed by atoms with Gasteiger partial charge >= 0.3 is 5.97 Å². The summed E-state index contributed by atoms with van der Waals surface area (Å²) >= 11 is 0. The molecule has 4 unspecified atom stereocenters. The van der Waals surface area contributed by atoms with Crippen LogP contribution in [0.5, 0.6) is 0 Å². The Labute approximate surface area is 120 Å². The van der Waals surface area contributed by atoms with Crippen LogP contribution in [0.25, 0.3) is 0 Å². The molecule has 1 aliphatic heterocycles. The fourth-order valence-electron chi connectivity index (χ4n) is 3.85. The average molecular weight is 287 g/mol. The molecule has 2 aliphatic carbocycles. The monoisotopic (exact) mass is 287 g/mol. The summed E-state index contributed by atoms with van der Waals surface area (Å²) in [7, 11) is 0. The SMILES string of the molecule is O=C(O)c1ccc(CN2C(=O)C3C4C=CC(C4)C3C2=O)o1. The molecule has 1 saturated heterocycles. The molecule has 4 atom stereocenters. The smallest absolute Gasteiger partial charge is 0.371 e. The summed E-state index contributed by atoms with van der Waals surface area (Å²) in [6, 6.07) is 2.82. The highest BCUT2D eigenvalue weighted by atomic mass is 16.4. The minimum atomic E-state index is -1.17. The van der Waals surface area contributed by atoms with Crippen LogP contribution in [0.4, 0.5) is 0 Å². The first-order chi connectivity index (χ1) is 10.1. The largest absolute Gasteiger partial charge is 0.475 e. The fourth-order valence-corrected chi connectivity index (χ4v) is 3.85. The number of hydrogen-bond donors (Lipinski definition) is 1. The van der Waals surface area contributed by atoms with Gasteiger partial charge in [0.2, 0.25) is 17.6 Å². The minimum absolute atomic E-state index is 0.0113. The quantitative estimate of drug-likeness (QED) is 0.668. The molecule has 2 fully saturated rings. The number of likely N-dealkylation sites (tertiary alicyclic amines) is 1. The third-order valence-electron chi connectivity index (χ3n) is 4.75. The van der Waals surface area contributed by atoms with Crippen LogP contribution in [0.1, 0.15) is 22.7 Å². The zero-order chi connectivity index (χ0) is 14.7. The van der Waals surface area contributed by atoms with Crippen molar-refractivity contribution in [2.24, 2.45) is 23.7 Å². The molecule has 2 amide bonds. The summed E-state index contributed by atoms with van der Waals surface area (Å²) in [6.45, 7) is 0.0113. The van der Waals surface area contributed by atoms with E-state index in [1.807, 2.05) is 12.2 Å². The maximum absolute atomic E-state index is 12.4. The number of carbonyl (C=O) groups is 3. The molecule has 3 aliphatic rings. The molecule has 6 heteroatoms. The number of carboxylic acid groups (broad SMARTS) is 1. The van der Waals surface area contributed by atoms with Gasteiger partial charge in [-0.15, -0.1) is 0 Å². The Hall–Kier alpha value is -2.37. The Kier molecular flexibility index (Phi) is 2.40. The number of aromatic carboxylic acids is 1. The third kappa shape index (κ3) is 1.62. The van der Waals surface area contributed by atoms with E-state index in [9.17, 15) is 14.4 Å². The van der Waals surface area contributed by atoms with E-state index in [-0.39, 0.29) is 47.8 Å². The van der Waals surface area contributed by atoms with Gasteiger partial charge < -0.3 is 9.52 Å². The standard InChI is InChI=1S/C15H13NO5/c17-13-11-7-1-2-8(5-7)12(11)14(18)16(13)6-9-3-4-10(21-9)15(19)20/h1-4,7-8,11-12H,5-6H2,(H,19,20). The van der Waals surface area contributed by atoms with Gasteiger partial charge in [0.05, 0.1) is 18.4 Å². The van der Waals surface area contributed by atoms with Crippen LogP contribution in [-0.2, 0) is 16.1 Å². The number of carbonyl (C=O) groups excluding carboxylic acids is 2. The zero-order valence-electron chi connectivity index (χ0n) is 11.1. The molecule has 0 spiro atoms. The van der Waals surface area contributed by atoms with E-state index in [4.69, 9.17) is 9.52 Å². The van der Waals surface area contributed by atoms with E-state index >= 15 is 0 Å². The highest BCUT2D eigenvalue weighted by Crippen LogP contribution is 2.52. The van der Waals surface area contributed by atoms with Crippen molar-refractivity contribution in [1.82, 2.24) is 4.90 Å². The summed E-state index contributed by atoms with van der Waals surface area (Å²) in [4.78, 5) is 36.9. The Balaban J connectivity index is 1.58. The van der Waals surface area contributed by atoms with E-state index in [1.165, 1.54) is 17.0 Å². The van der Waals surface area contributed by atoms with E-state index in [2.05, 4.69) is 0 Å². The predicted molar refractivity (Wildman–Crippen MR) is 68.9 cm³/mol. The number of fused-ring (bicyclic) bond motifs is 5. The summed E-state index contributed by atoms with van der Waals surface area (Å²) in [5.41, 5.74) is 0. The molecule has 4 rings (SSSR count). The molecular weight excluding hydrogens is 274 g/mol. The molecule has 1 aromatic rings. The van der Waals surface area contributed by atoms with Gasteiger partial charge in [0, 0.05) is 0 Å². The van der Waals surface area contributed by atoms with Gasteiger partial charge in [-0.2, -0.15) is 0 Å². The molecule has 1 N–H and O–H groups in total. The summed E-state index contributed by atoms with van der Waals surface area (Å²) in [5, 5.41) is 8.82. The number of carboxylic acids is 1. The molecule has 0 aromatic carbocycles. The second-order valence-electron chi connectivity index (χ2n) is 5.83. The van der Waals surface area contributed by atoms with Gasteiger partial charge in [-0.1, -0.05) is 12.2 Å². The second kappa shape index (κ2) is 4.07. The first-order valence-electron chi connectivity index (χ1n) is 6.92. The van der Waals surface area contributed by atoms with Crippen LogP contribution in [0.2, 0.25) is 0 Å². The van der Waals surface area contributed by atoms with Crippen molar-refractivity contribution in [2.75, 3.05) is 0 Å². The van der Waals surface area contributed by atoms with Gasteiger partial charge in [0.1, 0.15) is 5.76 Å². The summed E-state index contributed by atoms with van der Waals surface area (Å²) in [6.07, 6.45) is 4.97. The van der Waals surface area contributed by atoms with Gasteiger partial charge in [-0.25, -0.2) is 4.79 Å². The third-order valence-corrected chi connectivity index (χ3v) is 4.75. The van der Waals surface area contributed by atoms with Crippen LogP contribution >= 0.6 is 0 Å². The van der Waals surface area contributed by atoms with Gasteiger partial charge in [-0.3, -0.25) is 14.5 Å². The van der Waals surface area contributed by atoms with Crippen molar-refractivity contribution in [2.45, 2.75) is 13.0 Å². The van der Waals surface area contributed by atoms with E-state index in [0.717, 1.165) is 6.42 Å². The molecule has 1 aromatic heterocycles. The number of imide groups is 1. The average Bonchev–Trinajstić information content (AvgIpc) is 3.19. The highest BCUT2D eigenvalue weighted by molar-refractivity contribution is 6.06. The number of amides is 2. The van der Waals surface area contributed by atoms with Gasteiger partial charge in [0.15, 0.2) is 0 Å². The first-order valence-corrected chi connectivity index (χ1v) is 6.92. The Morgan fingerprint density at radius 2 is 1.81 bits per heavy atom. The summed E-state index contributed by atoms with van der Waals surface area (Å²) < 4.78 is 5.13. The number of nitrogens with zero attached hydrogens (tertiary/aromatic N) is 1. The number of rotatable bonds is 3. The normalized spacial score (nSPS) is 33.0. The van der Waals surface area contributed by atoms with Crippen LogP contribution in [-0.4, -0.2) is 27.8 Å². The lowest BCUT2D eigenvalue weighted by molar-refractivity contribution is -0.141. The molecule has 2 bridgehead atoms. The molecule has 1 saturated carbocycles. The van der Waals surface area contributed by atoms with Crippen molar-refractivity contribution in [1.29, 1.82) is 0 Å². The topological polar surface area (TPSA) is 87.8 Å². The molecule has 21 heavy (non-hydrogen) atoms. The lowest BCUT2D eigenvalue weighted by Gasteiger charge is -2.15. The maximum atomic E-state index is 12.4. The number of hydrogen-bond acceptors (Lipinski definition) is 4. The van der Waals surface area contributed by atoms with Crippen LogP contribution in [0, 0.1) is 23.7 Å². The maximum Gasteiger partial charge on any atom is 0.371 e. The van der Waals surface area contributed by atoms with Crippen molar-refractivity contribution < 1.29 is 23.9 Å². The number of furan rings is 1. The molecule has 6 nitrogen and oxygen atoms in total. The van der Waals surface area contributed by atoms with Crippen molar-refractivity contribution >= 4 is 17.8 Å². The molecule has 108 valence electrons. The van der Waals surface area contributed by atoms with E-state index in [0.29, 0.717) is 5.76 Å². The van der Waals surface area contributed by atoms with Gasteiger partial charge in [-0.05, 0) is 30.4 Å². The Morgan fingerprint density at radius 1 is 1.19 bits per heavy atom. The van der Waals surface area contributed by atoms with Crippen LogP contribution in [0.15, 0.2) is 28.7 Å². The molecular formula is C15H13NO5. The van der Waals surface area contributed by atoms with Crippen molar-refractivity contribution in [3.8, 4) is 0 Å². The first kappa shape index (κ1) is 12.4. The second-order valence-corrected chi connectivity index (χ2v) is 5.83. The van der Waals surface area contributed by atoms with Crippen molar-refractivity contribution in [3.05, 3.63) is 35.8 Å². The van der Waals surface area contributed by atoms with Crippen LogP contribution < -0.4 is 0 Å². The minimum Gasteiger partial charge on any atom is -0.475 e. The molecule has 2 heterocycles. The molecule has 0 radical (unpaired) electrons. The predicted octanol–water partition coefficient (Wildman–Crippen LogP) is 1.28. The highest BCUT2D eigenvalue weighted by Gasteiger charge is 2.59. The lowest BCUT2D eigenvalue weighted by Crippen LogP contribution is -2.32. The number of allylic oxidation sites excluding steroid dienone is 2. The Morgan fingerprint density at radius 3 is 2.33 bits per heavy atom. The van der Waals surface area contributed by atoms with Gasteiger partial charge in [0.25, 0.3) is 0 Å². The van der Waals surface area contributed by atoms with E-state index in [1.54, 1.807) is 0 Å². The Bertz CT molecular complexity index is 658. The summed E-state index contributed by atoms with van der Waals surface area (Å²) in [5.74, 6) is -1.48. The van der Waals surface area contributed by atoms with Crippen molar-refractivity contribution in [3.63, 3.8) is 0 Å².